The molecule has 1 N–H and O–H groups in total. The monoisotopic (exact) mass is 586 g/mol. The number of sulfonamides is 1. The summed E-state index contributed by atoms with van der Waals surface area (Å²) >= 11 is 0. The summed E-state index contributed by atoms with van der Waals surface area (Å²) in [5.41, 5.74) is 2.26. The second-order valence-corrected chi connectivity index (χ2v) is 13.7. The number of nitrogens with one attached hydrogen (secondary N) is 1. The molecule has 222 valence electrons. The van der Waals surface area contributed by atoms with Crippen molar-refractivity contribution >= 4 is 21.7 Å². The fourth-order valence-corrected chi connectivity index (χ4v) is 6.79. The van der Waals surface area contributed by atoms with Crippen LogP contribution in [0.2, 0.25) is 0 Å². The van der Waals surface area contributed by atoms with Crippen molar-refractivity contribution in [3.8, 4) is 11.5 Å². The number of carbonyl (C=O) groups excluding carboxylic acids is 1. The van der Waals surface area contributed by atoms with Gasteiger partial charge in [0.15, 0.2) is 11.6 Å². The van der Waals surface area contributed by atoms with E-state index < -0.39 is 15.8 Å². The molecule has 1 aromatic heterocycles. The number of anilines is 1. The molecule has 0 saturated carbocycles. The van der Waals surface area contributed by atoms with Gasteiger partial charge in [-0.05, 0) is 70.7 Å². The van der Waals surface area contributed by atoms with Gasteiger partial charge < -0.3 is 14.5 Å². The fraction of sp³-hybridized carbons (Fsp3) is 0.552. The highest BCUT2D eigenvalue weighted by molar-refractivity contribution is 7.89. The molecule has 1 aromatic carbocycles. The minimum atomic E-state index is -3.22. The predicted octanol–water partition coefficient (Wildman–Crippen LogP) is 3.63. The molecule has 10 nitrogen and oxygen atoms in total. The molecule has 3 aliphatic rings. The number of halogens is 1. The average Bonchev–Trinajstić information content (AvgIpc) is 3.26. The van der Waals surface area contributed by atoms with Crippen LogP contribution in [0, 0.1) is 17.7 Å². The van der Waals surface area contributed by atoms with Crippen LogP contribution in [0.15, 0.2) is 42.0 Å². The Bertz CT molecular complexity index is 1440. The summed E-state index contributed by atoms with van der Waals surface area (Å²) in [6.45, 7) is 13.5. The zero-order valence-corrected chi connectivity index (χ0v) is 25.1. The van der Waals surface area contributed by atoms with E-state index in [1.54, 1.807) is 18.0 Å². The number of nitrogens with zero attached hydrogens (tertiary/aromatic N) is 5. The van der Waals surface area contributed by atoms with Crippen LogP contribution in [0.3, 0.4) is 0 Å². The van der Waals surface area contributed by atoms with E-state index in [0.717, 1.165) is 44.8 Å². The SMILES string of the molecule is CCS(=O)(=O)NC1=C2CN(C[C@@H]3CCN(c4ncncc4Oc4ccc(F)cc4C(=O)N(C(C)C)C(C)C)C3)C[C@H]21. The summed E-state index contributed by atoms with van der Waals surface area (Å²) in [6.07, 6.45) is 4.04. The number of ether oxygens (including phenoxy) is 1. The van der Waals surface area contributed by atoms with E-state index in [1.165, 1.54) is 30.1 Å². The molecule has 0 unspecified atom stereocenters. The zero-order valence-electron chi connectivity index (χ0n) is 24.3. The first-order chi connectivity index (χ1) is 19.5. The Balaban J connectivity index is 1.26. The number of carbonyl (C=O) groups is 1. The van der Waals surface area contributed by atoms with Gasteiger partial charge >= 0.3 is 0 Å². The quantitative estimate of drug-likeness (QED) is 0.426. The molecule has 2 atom stereocenters. The predicted molar refractivity (Wildman–Crippen MR) is 155 cm³/mol. The van der Waals surface area contributed by atoms with E-state index in [9.17, 15) is 17.6 Å². The van der Waals surface area contributed by atoms with Crippen molar-refractivity contribution in [2.45, 2.75) is 53.1 Å². The molecular formula is C29H39FN6O4S. The Morgan fingerprint density at radius 3 is 2.61 bits per heavy atom. The number of likely N-dealkylation sites (tertiary alicyclic amines) is 1. The maximum absolute atomic E-state index is 14.3. The number of fused-ring (bicyclic) bond motifs is 1. The lowest BCUT2D eigenvalue weighted by Crippen LogP contribution is -2.42. The van der Waals surface area contributed by atoms with Gasteiger partial charge in [0.1, 0.15) is 17.9 Å². The molecular weight excluding hydrogens is 547 g/mol. The molecule has 1 aliphatic carbocycles. The largest absolute Gasteiger partial charge is 0.451 e. The molecule has 2 saturated heterocycles. The van der Waals surface area contributed by atoms with Crippen molar-refractivity contribution < 1.29 is 22.3 Å². The second kappa shape index (κ2) is 11.6. The Kier molecular flexibility index (Phi) is 8.24. The molecule has 5 rings (SSSR count). The number of benzene rings is 1. The minimum absolute atomic E-state index is 0.0687. The molecule has 2 fully saturated rings. The molecule has 41 heavy (non-hydrogen) atoms. The minimum Gasteiger partial charge on any atom is -0.451 e. The van der Waals surface area contributed by atoms with Crippen molar-refractivity contribution in [1.82, 2.24) is 24.5 Å². The Hall–Kier alpha value is -3.25. The Morgan fingerprint density at radius 1 is 1.20 bits per heavy atom. The van der Waals surface area contributed by atoms with Crippen LogP contribution in [0.25, 0.3) is 0 Å². The van der Waals surface area contributed by atoms with Gasteiger partial charge in [0, 0.05) is 56.4 Å². The molecule has 0 radical (unpaired) electrons. The molecule has 3 heterocycles. The van der Waals surface area contributed by atoms with Crippen molar-refractivity contribution in [2.75, 3.05) is 43.4 Å². The molecule has 2 aliphatic heterocycles. The summed E-state index contributed by atoms with van der Waals surface area (Å²) in [5, 5.41) is 0. The highest BCUT2D eigenvalue weighted by Crippen LogP contribution is 2.44. The first-order valence-electron chi connectivity index (χ1n) is 14.3. The Morgan fingerprint density at radius 2 is 1.95 bits per heavy atom. The average molecular weight is 587 g/mol. The first-order valence-corrected chi connectivity index (χ1v) is 15.9. The highest BCUT2D eigenvalue weighted by Gasteiger charge is 2.46. The van der Waals surface area contributed by atoms with Crippen LogP contribution in [0.1, 0.15) is 51.4 Å². The normalized spacial score (nSPS) is 20.6. The lowest BCUT2D eigenvalue weighted by atomic mass is 10.1. The van der Waals surface area contributed by atoms with Crippen LogP contribution >= 0.6 is 0 Å². The van der Waals surface area contributed by atoms with Crippen molar-refractivity contribution in [2.24, 2.45) is 11.8 Å². The van der Waals surface area contributed by atoms with Gasteiger partial charge in [0.25, 0.3) is 5.91 Å². The van der Waals surface area contributed by atoms with Crippen LogP contribution in [0.5, 0.6) is 11.5 Å². The lowest BCUT2D eigenvalue weighted by molar-refractivity contribution is 0.0640. The summed E-state index contributed by atoms with van der Waals surface area (Å²) in [4.78, 5) is 28.4. The van der Waals surface area contributed by atoms with Crippen LogP contribution in [-0.2, 0) is 10.0 Å². The van der Waals surface area contributed by atoms with Crippen LogP contribution < -0.4 is 14.4 Å². The number of rotatable bonds is 11. The second-order valence-electron chi connectivity index (χ2n) is 11.6. The van der Waals surface area contributed by atoms with Gasteiger partial charge in [-0.15, -0.1) is 0 Å². The number of aromatic nitrogens is 2. The highest BCUT2D eigenvalue weighted by atomic mass is 32.2. The lowest BCUT2D eigenvalue weighted by Gasteiger charge is -2.31. The number of amides is 1. The van der Waals surface area contributed by atoms with Crippen LogP contribution in [-0.4, -0.2) is 84.7 Å². The van der Waals surface area contributed by atoms with Crippen molar-refractivity contribution in [3.05, 3.63) is 53.4 Å². The molecule has 12 heteroatoms. The topological polar surface area (TPSA) is 108 Å². The van der Waals surface area contributed by atoms with E-state index >= 15 is 0 Å². The van der Waals surface area contributed by atoms with Gasteiger partial charge in [0.2, 0.25) is 10.0 Å². The summed E-state index contributed by atoms with van der Waals surface area (Å²) in [5.74, 6) is 1.24. The standard InChI is InChI=1S/C29H39FN6O4S/c1-6-41(38,39)33-27-23-15-34(16-24(23)27)13-20-9-10-35(14-20)28-26(12-31-17-32-28)40-25-8-7-21(30)11-22(25)29(37)36(18(2)3)19(4)5/h7-8,11-12,17-20,23,33H,6,9-10,13-16H2,1-5H3/t20-,23+/m0/s1. The van der Waals surface area contributed by atoms with Crippen molar-refractivity contribution in [1.29, 1.82) is 0 Å². The fourth-order valence-electron chi connectivity index (χ4n) is 6.04. The first kappa shape index (κ1) is 29.2. The van der Waals surface area contributed by atoms with E-state index in [0.29, 0.717) is 17.5 Å². The summed E-state index contributed by atoms with van der Waals surface area (Å²) < 4.78 is 47.0. The maximum atomic E-state index is 14.3. The van der Waals surface area contributed by atoms with Gasteiger partial charge in [0.05, 0.1) is 17.5 Å². The zero-order chi connectivity index (χ0) is 29.5. The van der Waals surface area contributed by atoms with E-state index in [2.05, 4.69) is 24.5 Å². The smallest absolute Gasteiger partial charge is 0.258 e. The maximum Gasteiger partial charge on any atom is 0.258 e. The van der Waals surface area contributed by atoms with Gasteiger partial charge in [-0.1, -0.05) is 0 Å². The number of hydrogen-bond acceptors (Lipinski definition) is 8. The van der Waals surface area contributed by atoms with Crippen molar-refractivity contribution in [3.63, 3.8) is 0 Å². The third kappa shape index (κ3) is 6.33. The molecule has 0 bridgehead atoms. The number of hydrogen-bond donors (Lipinski definition) is 1. The summed E-state index contributed by atoms with van der Waals surface area (Å²) in [6, 6.07) is 3.85. The summed E-state index contributed by atoms with van der Waals surface area (Å²) in [7, 11) is -3.22. The van der Waals surface area contributed by atoms with Gasteiger partial charge in [-0.3, -0.25) is 14.4 Å². The van der Waals surface area contributed by atoms with E-state index in [4.69, 9.17) is 4.74 Å². The molecule has 2 aromatic rings. The molecule has 0 spiro atoms. The van der Waals surface area contributed by atoms with E-state index in [1.807, 2.05) is 27.7 Å². The van der Waals surface area contributed by atoms with E-state index in [-0.39, 0.29) is 41.0 Å². The molecule has 1 amide bonds. The third-order valence-corrected chi connectivity index (χ3v) is 9.30. The Labute approximate surface area is 241 Å². The third-order valence-electron chi connectivity index (χ3n) is 8.01. The van der Waals surface area contributed by atoms with Gasteiger partial charge in [-0.2, -0.15) is 0 Å². The van der Waals surface area contributed by atoms with Crippen LogP contribution in [0.4, 0.5) is 10.2 Å². The van der Waals surface area contributed by atoms with Gasteiger partial charge in [-0.25, -0.2) is 22.8 Å².